The van der Waals surface area contributed by atoms with Crippen molar-refractivity contribution in [3.05, 3.63) is 12.5 Å². The number of hydrogen-bond donors (Lipinski definition) is 1. The molecule has 0 aromatic carbocycles. The highest BCUT2D eigenvalue weighted by Crippen LogP contribution is 2.18. The van der Waals surface area contributed by atoms with Crippen LogP contribution in [0.4, 0.5) is 0 Å². The third kappa shape index (κ3) is 2.96. The van der Waals surface area contributed by atoms with Crippen molar-refractivity contribution in [2.75, 3.05) is 0 Å². The first-order valence-electron chi connectivity index (χ1n) is 4.81. The van der Waals surface area contributed by atoms with Crippen LogP contribution in [-0.2, 0) is 17.1 Å². The Morgan fingerprint density at radius 2 is 2.12 bits per heavy atom. The van der Waals surface area contributed by atoms with E-state index in [1.165, 1.54) is 12.5 Å². The monoisotopic (exact) mass is 265 g/mol. The van der Waals surface area contributed by atoms with Crippen LogP contribution >= 0.6 is 11.6 Å². The molecule has 92 valence electrons. The number of aryl methyl sites for hydroxylation is 1. The van der Waals surface area contributed by atoms with Gasteiger partial charge in [-0.1, -0.05) is 0 Å². The number of imidazole rings is 1. The molecule has 0 bridgehead atoms. The summed E-state index contributed by atoms with van der Waals surface area (Å²) >= 11 is 5.92. The van der Waals surface area contributed by atoms with Crippen LogP contribution in [0.5, 0.6) is 0 Å². The maximum Gasteiger partial charge on any atom is 0.260 e. The summed E-state index contributed by atoms with van der Waals surface area (Å²) in [6, 6.07) is 0. The second kappa shape index (κ2) is 4.35. The number of aromatic nitrogens is 2. The Balaban J connectivity index is 2.97. The summed E-state index contributed by atoms with van der Waals surface area (Å²) in [5.41, 5.74) is -0.724. The van der Waals surface area contributed by atoms with Crippen LogP contribution in [0.3, 0.4) is 0 Å². The van der Waals surface area contributed by atoms with E-state index < -0.39 is 15.6 Å². The highest BCUT2D eigenvalue weighted by molar-refractivity contribution is 7.89. The van der Waals surface area contributed by atoms with Crippen molar-refractivity contribution in [3.63, 3.8) is 0 Å². The lowest BCUT2D eigenvalue weighted by atomic mass is 10.0. The van der Waals surface area contributed by atoms with Crippen LogP contribution in [0.2, 0.25) is 0 Å². The zero-order valence-electron chi connectivity index (χ0n) is 9.73. The SMILES string of the molecule is CC(Cl)C(C)(C)NS(=O)(=O)c1cn(C)cn1. The van der Waals surface area contributed by atoms with Crippen LogP contribution in [0.25, 0.3) is 0 Å². The van der Waals surface area contributed by atoms with Crippen molar-refractivity contribution in [2.45, 2.75) is 36.7 Å². The van der Waals surface area contributed by atoms with E-state index in [4.69, 9.17) is 11.6 Å². The van der Waals surface area contributed by atoms with Gasteiger partial charge in [0.05, 0.1) is 6.33 Å². The number of nitrogens with one attached hydrogen (secondary N) is 1. The van der Waals surface area contributed by atoms with Crippen LogP contribution < -0.4 is 4.72 Å². The lowest BCUT2D eigenvalue weighted by Crippen LogP contribution is -2.48. The van der Waals surface area contributed by atoms with Gasteiger partial charge >= 0.3 is 0 Å². The van der Waals surface area contributed by atoms with Gasteiger partial charge in [-0.3, -0.25) is 0 Å². The average molecular weight is 266 g/mol. The van der Waals surface area contributed by atoms with E-state index in [-0.39, 0.29) is 10.4 Å². The van der Waals surface area contributed by atoms with E-state index >= 15 is 0 Å². The van der Waals surface area contributed by atoms with Crippen LogP contribution in [-0.4, -0.2) is 28.9 Å². The molecule has 1 atom stereocenters. The molecule has 5 nitrogen and oxygen atoms in total. The lowest BCUT2D eigenvalue weighted by molar-refractivity contribution is 0.444. The normalized spacial score (nSPS) is 15.1. The first-order chi connectivity index (χ1) is 7.15. The Kier molecular flexibility index (Phi) is 3.66. The van der Waals surface area contributed by atoms with Crippen LogP contribution in [0.15, 0.2) is 17.6 Å². The van der Waals surface area contributed by atoms with Gasteiger partial charge in [0.1, 0.15) is 0 Å². The second-order valence-corrected chi connectivity index (χ2v) is 6.60. The fourth-order valence-electron chi connectivity index (χ4n) is 1.01. The predicted molar refractivity (Wildman–Crippen MR) is 62.9 cm³/mol. The smallest absolute Gasteiger partial charge is 0.260 e. The maximum atomic E-state index is 11.9. The van der Waals surface area contributed by atoms with E-state index in [0.717, 1.165) is 0 Å². The molecule has 0 aliphatic carbocycles. The Labute approximate surface area is 101 Å². The molecule has 1 heterocycles. The first-order valence-corrected chi connectivity index (χ1v) is 6.73. The van der Waals surface area contributed by atoms with Gasteiger partial charge in [0.25, 0.3) is 10.0 Å². The molecule has 16 heavy (non-hydrogen) atoms. The largest absolute Gasteiger partial charge is 0.339 e. The van der Waals surface area contributed by atoms with Gasteiger partial charge < -0.3 is 4.57 Å². The minimum Gasteiger partial charge on any atom is -0.339 e. The van der Waals surface area contributed by atoms with E-state index in [1.807, 2.05) is 0 Å². The summed E-state index contributed by atoms with van der Waals surface area (Å²) in [5, 5.41) is -0.327. The Bertz CT molecular complexity index is 465. The molecule has 0 radical (unpaired) electrons. The van der Waals surface area contributed by atoms with Crippen LogP contribution in [0.1, 0.15) is 20.8 Å². The van der Waals surface area contributed by atoms with E-state index in [9.17, 15) is 8.42 Å². The molecule has 0 saturated heterocycles. The van der Waals surface area contributed by atoms with Gasteiger partial charge in [-0.2, -0.15) is 0 Å². The molecule has 1 aromatic rings. The first kappa shape index (κ1) is 13.5. The molecule has 0 amide bonds. The highest BCUT2D eigenvalue weighted by atomic mass is 35.5. The molecule has 0 fully saturated rings. The second-order valence-electron chi connectivity index (χ2n) is 4.32. The average Bonchev–Trinajstić information content (AvgIpc) is 2.50. The summed E-state index contributed by atoms with van der Waals surface area (Å²) in [4.78, 5) is 3.80. The van der Waals surface area contributed by atoms with Crippen molar-refractivity contribution < 1.29 is 8.42 Å². The van der Waals surface area contributed by atoms with Gasteiger partial charge in [-0.25, -0.2) is 18.1 Å². The topological polar surface area (TPSA) is 64.0 Å². The summed E-state index contributed by atoms with van der Waals surface area (Å²) in [7, 11) is -1.90. The molecular weight excluding hydrogens is 250 g/mol. The Morgan fingerprint density at radius 1 is 1.56 bits per heavy atom. The minimum absolute atomic E-state index is 0.000363. The number of halogens is 1. The quantitative estimate of drug-likeness (QED) is 0.830. The van der Waals surface area contributed by atoms with Gasteiger partial charge in [-0.15, -0.1) is 11.6 Å². The summed E-state index contributed by atoms with van der Waals surface area (Å²) < 4.78 is 27.9. The molecule has 1 aromatic heterocycles. The molecule has 0 aliphatic heterocycles. The van der Waals surface area contributed by atoms with E-state index in [1.54, 1.807) is 32.4 Å². The Hall–Kier alpha value is -0.590. The van der Waals surface area contributed by atoms with Gasteiger partial charge in [0.15, 0.2) is 5.03 Å². The molecule has 0 spiro atoms. The lowest BCUT2D eigenvalue weighted by Gasteiger charge is -2.27. The van der Waals surface area contributed by atoms with Gasteiger partial charge in [0.2, 0.25) is 0 Å². The van der Waals surface area contributed by atoms with Gasteiger partial charge in [-0.05, 0) is 20.8 Å². The molecule has 0 saturated carbocycles. The van der Waals surface area contributed by atoms with Crippen molar-refractivity contribution >= 4 is 21.6 Å². The fourth-order valence-corrected chi connectivity index (χ4v) is 2.59. The molecule has 1 unspecified atom stereocenters. The molecule has 1 rings (SSSR count). The summed E-state index contributed by atoms with van der Waals surface area (Å²) in [5.74, 6) is 0. The third-order valence-corrected chi connectivity index (χ3v) is 4.45. The fraction of sp³-hybridized carbons (Fsp3) is 0.667. The zero-order valence-corrected chi connectivity index (χ0v) is 11.3. The number of nitrogens with zero attached hydrogens (tertiary/aromatic N) is 2. The molecule has 1 N–H and O–H groups in total. The molecule has 7 heteroatoms. The maximum absolute atomic E-state index is 11.9. The van der Waals surface area contributed by atoms with E-state index in [0.29, 0.717) is 0 Å². The van der Waals surface area contributed by atoms with Crippen molar-refractivity contribution in [1.29, 1.82) is 0 Å². The zero-order chi connectivity index (χ0) is 12.6. The standard InChI is InChI=1S/C9H16ClN3O2S/c1-7(10)9(2,3)12-16(14,15)8-5-13(4)6-11-8/h5-7,12H,1-4H3. The number of hydrogen-bond acceptors (Lipinski definition) is 3. The van der Waals surface area contributed by atoms with Crippen molar-refractivity contribution in [2.24, 2.45) is 7.05 Å². The van der Waals surface area contributed by atoms with Crippen LogP contribution in [0, 0.1) is 0 Å². The Morgan fingerprint density at radius 3 is 2.50 bits per heavy atom. The predicted octanol–water partition coefficient (Wildman–Crippen LogP) is 1.10. The van der Waals surface area contributed by atoms with Gasteiger partial charge in [0, 0.05) is 24.2 Å². The van der Waals surface area contributed by atoms with Crippen molar-refractivity contribution in [3.8, 4) is 0 Å². The van der Waals surface area contributed by atoms with E-state index in [2.05, 4.69) is 9.71 Å². The number of sulfonamides is 1. The van der Waals surface area contributed by atoms with Crippen molar-refractivity contribution in [1.82, 2.24) is 14.3 Å². The minimum atomic E-state index is -3.61. The highest BCUT2D eigenvalue weighted by Gasteiger charge is 2.31. The molecule has 0 aliphatic rings. The number of rotatable bonds is 4. The molecular formula is C9H16ClN3O2S. The summed E-state index contributed by atoms with van der Waals surface area (Å²) in [6.45, 7) is 5.19. The number of alkyl halides is 1. The third-order valence-electron chi connectivity index (χ3n) is 2.35. The summed E-state index contributed by atoms with van der Waals surface area (Å²) in [6.07, 6.45) is 2.88.